The summed E-state index contributed by atoms with van der Waals surface area (Å²) < 4.78 is 5.40. The molecule has 1 aromatic carbocycles. The van der Waals surface area contributed by atoms with Crippen molar-refractivity contribution >= 4 is 23.2 Å². The molecule has 3 rings (SSSR count). The minimum atomic E-state index is -0.263. The Labute approximate surface area is 177 Å². The summed E-state index contributed by atoms with van der Waals surface area (Å²) in [6.45, 7) is 5.87. The van der Waals surface area contributed by atoms with E-state index in [-0.39, 0.29) is 11.8 Å². The van der Waals surface area contributed by atoms with E-state index in [0.29, 0.717) is 38.8 Å². The molecule has 1 aromatic heterocycles. The molecule has 1 unspecified atom stereocenters. The maximum absolute atomic E-state index is 13.2. The molecule has 0 saturated carbocycles. The number of hydrogen-bond donors (Lipinski definition) is 2. The Hall–Kier alpha value is -2.38. The molecule has 2 heterocycles. The van der Waals surface area contributed by atoms with Gasteiger partial charge in [-0.15, -0.1) is 11.3 Å². The van der Waals surface area contributed by atoms with E-state index in [1.807, 2.05) is 46.6 Å². The lowest BCUT2D eigenvalue weighted by Crippen LogP contribution is -2.47. The third-order valence-electron chi connectivity index (χ3n) is 5.02. The van der Waals surface area contributed by atoms with Crippen LogP contribution in [0.25, 0.3) is 0 Å². The fraction of sp³-hybridized carbons (Fsp3) is 0.455. The topological polar surface area (TPSA) is 66.0 Å². The SMILES string of the molecule is CCc1ccc(CNC(=NC)NCC(C(=O)N2CCOCC2)c2ccccc2)s1. The molecule has 0 aliphatic carbocycles. The number of amides is 1. The summed E-state index contributed by atoms with van der Waals surface area (Å²) in [5.74, 6) is 0.571. The summed E-state index contributed by atoms with van der Waals surface area (Å²) in [6.07, 6.45) is 1.06. The van der Waals surface area contributed by atoms with Gasteiger partial charge in [0.05, 0.1) is 25.7 Å². The molecular weight excluding hydrogens is 384 g/mol. The molecule has 2 N–H and O–H groups in total. The number of aliphatic imine (C=N–C) groups is 1. The molecule has 1 atom stereocenters. The number of aryl methyl sites for hydroxylation is 1. The molecule has 0 radical (unpaired) electrons. The van der Waals surface area contributed by atoms with Crippen molar-refractivity contribution in [3.8, 4) is 0 Å². The first-order valence-corrected chi connectivity index (χ1v) is 11.0. The van der Waals surface area contributed by atoms with Crippen molar-refractivity contribution in [1.29, 1.82) is 0 Å². The van der Waals surface area contributed by atoms with E-state index in [0.717, 1.165) is 18.5 Å². The molecule has 29 heavy (non-hydrogen) atoms. The second-order valence-corrected chi connectivity index (χ2v) is 8.18. The molecule has 0 spiro atoms. The largest absolute Gasteiger partial charge is 0.378 e. The first kappa shape index (κ1) is 21.3. The number of morpholine rings is 1. The van der Waals surface area contributed by atoms with Crippen LogP contribution in [0.2, 0.25) is 0 Å². The second kappa shape index (κ2) is 11.0. The van der Waals surface area contributed by atoms with Crippen molar-refractivity contribution in [1.82, 2.24) is 15.5 Å². The van der Waals surface area contributed by atoms with Crippen molar-refractivity contribution < 1.29 is 9.53 Å². The summed E-state index contributed by atoms with van der Waals surface area (Å²) in [7, 11) is 1.75. The quantitative estimate of drug-likeness (QED) is 0.540. The first-order valence-electron chi connectivity index (χ1n) is 10.1. The van der Waals surface area contributed by atoms with Gasteiger partial charge in [0.1, 0.15) is 0 Å². The Morgan fingerprint density at radius 2 is 1.86 bits per heavy atom. The van der Waals surface area contributed by atoms with Gasteiger partial charge < -0.3 is 20.3 Å². The Bertz CT molecular complexity index is 800. The zero-order chi connectivity index (χ0) is 20.5. The van der Waals surface area contributed by atoms with E-state index in [9.17, 15) is 4.79 Å². The second-order valence-electron chi connectivity index (χ2n) is 6.93. The van der Waals surface area contributed by atoms with Crippen LogP contribution >= 0.6 is 11.3 Å². The van der Waals surface area contributed by atoms with Crippen LogP contribution in [0.3, 0.4) is 0 Å². The smallest absolute Gasteiger partial charge is 0.232 e. The molecule has 0 bridgehead atoms. The Morgan fingerprint density at radius 1 is 1.14 bits per heavy atom. The van der Waals surface area contributed by atoms with Crippen LogP contribution < -0.4 is 10.6 Å². The number of carbonyl (C=O) groups is 1. The van der Waals surface area contributed by atoms with Crippen molar-refractivity contribution in [3.63, 3.8) is 0 Å². The van der Waals surface area contributed by atoms with Crippen LogP contribution in [0.5, 0.6) is 0 Å². The number of carbonyl (C=O) groups excluding carboxylic acids is 1. The van der Waals surface area contributed by atoms with Gasteiger partial charge in [0.25, 0.3) is 0 Å². The van der Waals surface area contributed by atoms with Gasteiger partial charge in [0.15, 0.2) is 5.96 Å². The predicted octanol–water partition coefficient (Wildman–Crippen LogP) is 2.62. The van der Waals surface area contributed by atoms with Crippen molar-refractivity contribution in [2.24, 2.45) is 4.99 Å². The van der Waals surface area contributed by atoms with E-state index in [4.69, 9.17) is 4.74 Å². The van der Waals surface area contributed by atoms with Crippen LogP contribution in [0.4, 0.5) is 0 Å². The third-order valence-corrected chi connectivity index (χ3v) is 6.25. The number of thiophene rings is 1. The van der Waals surface area contributed by atoms with Crippen molar-refractivity contribution in [2.45, 2.75) is 25.8 Å². The Balaban J connectivity index is 1.62. The van der Waals surface area contributed by atoms with Crippen LogP contribution in [0.1, 0.15) is 28.2 Å². The fourth-order valence-electron chi connectivity index (χ4n) is 3.33. The summed E-state index contributed by atoms with van der Waals surface area (Å²) in [6, 6.07) is 14.3. The number of benzene rings is 1. The summed E-state index contributed by atoms with van der Waals surface area (Å²) in [5.41, 5.74) is 1.01. The van der Waals surface area contributed by atoms with Gasteiger partial charge in [0.2, 0.25) is 5.91 Å². The van der Waals surface area contributed by atoms with E-state index in [1.54, 1.807) is 7.05 Å². The minimum absolute atomic E-state index is 0.133. The zero-order valence-electron chi connectivity index (χ0n) is 17.2. The summed E-state index contributed by atoms with van der Waals surface area (Å²) in [4.78, 5) is 22.1. The molecule has 1 saturated heterocycles. The third kappa shape index (κ3) is 6.05. The van der Waals surface area contributed by atoms with Gasteiger partial charge in [0, 0.05) is 36.4 Å². The molecule has 1 amide bonds. The maximum Gasteiger partial charge on any atom is 0.232 e. The number of rotatable bonds is 7. The summed E-state index contributed by atoms with van der Waals surface area (Å²) >= 11 is 1.81. The molecular formula is C22H30N4O2S. The van der Waals surface area contributed by atoms with Crippen molar-refractivity contribution in [3.05, 3.63) is 57.8 Å². The fourth-order valence-corrected chi connectivity index (χ4v) is 4.23. The van der Waals surface area contributed by atoms with Gasteiger partial charge in [-0.05, 0) is 24.1 Å². The van der Waals surface area contributed by atoms with Gasteiger partial charge in [-0.2, -0.15) is 0 Å². The lowest BCUT2D eigenvalue weighted by Gasteiger charge is -2.31. The highest BCUT2D eigenvalue weighted by Gasteiger charge is 2.27. The average molecular weight is 415 g/mol. The van der Waals surface area contributed by atoms with Crippen LogP contribution in [0, 0.1) is 0 Å². The number of nitrogens with zero attached hydrogens (tertiary/aromatic N) is 2. The van der Waals surface area contributed by atoms with Gasteiger partial charge in [-0.25, -0.2) is 0 Å². The monoisotopic (exact) mass is 414 g/mol. The van der Waals surface area contributed by atoms with Crippen LogP contribution in [-0.4, -0.2) is 56.7 Å². The molecule has 156 valence electrons. The first-order chi connectivity index (χ1) is 14.2. The van der Waals surface area contributed by atoms with Crippen LogP contribution in [-0.2, 0) is 22.5 Å². The highest BCUT2D eigenvalue weighted by molar-refractivity contribution is 7.11. The maximum atomic E-state index is 13.2. The highest BCUT2D eigenvalue weighted by Crippen LogP contribution is 2.19. The van der Waals surface area contributed by atoms with E-state index >= 15 is 0 Å². The van der Waals surface area contributed by atoms with Gasteiger partial charge in [-0.3, -0.25) is 9.79 Å². The lowest BCUT2D eigenvalue weighted by atomic mass is 9.97. The normalized spacial score (nSPS) is 15.8. The number of guanidine groups is 1. The summed E-state index contributed by atoms with van der Waals surface area (Å²) in [5, 5.41) is 6.70. The molecule has 6 nitrogen and oxygen atoms in total. The molecule has 2 aromatic rings. The van der Waals surface area contributed by atoms with Gasteiger partial charge in [-0.1, -0.05) is 37.3 Å². The Kier molecular flexibility index (Phi) is 8.07. The number of hydrogen-bond acceptors (Lipinski definition) is 4. The predicted molar refractivity (Wildman–Crippen MR) is 118 cm³/mol. The standard InChI is InChI=1S/C22H30N4O2S/c1-3-18-9-10-19(29-18)15-24-22(23-2)25-16-20(17-7-5-4-6-8-17)21(27)26-11-13-28-14-12-26/h4-10,20H,3,11-16H2,1-2H3,(H2,23,24,25). The molecule has 1 aliphatic heterocycles. The minimum Gasteiger partial charge on any atom is -0.378 e. The zero-order valence-corrected chi connectivity index (χ0v) is 18.0. The molecule has 1 fully saturated rings. The average Bonchev–Trinajstić information content (AvgIpc) is 3.25. The highest BCUT2D eigenvalue weighted by atomic mass is 32.1. The molecule has 1 aliphatic rings. The lowest BCUT2D eigenvalue weighted by molar-refractivity contribution is -0.136. The number of ether oxygens (including phenoxy) is 1. The Morgan fingerprint density at radius 3 is 2.52 bits per heavy atom. The van der Waals surface area contributed by atoms with E-state index in [1.165, 1.54) is 9.75 Å². The van der Waals surface area contributed by atoms with Gasteiger partial charge >= 0.3 is 0 Å². The number of nitrogens with one attached hydrogen (secondary N) is 2. The van der Waals surface area contributed by atoms with Crippen molar-refractivity contribution in [2.75, 3.05) is 39.9 Å². The van der Waals surface area contributed by atoms with Crippen LogP contribution in [0.15, 0.2) is 47.5 Å². The van der Waals surface area contributed by atoms with E-state index in [2.05, 4.69) is 34.7 Å². The van der Waals surface area contributed by atoms with E-state index < -0.39 is 0 Å². The molecule has 7 heteroatoms.